The Morgan fingerprint density at radius 3 is 2.29 bits per heavy atom. The number of nitrogens with two attached hydrogens (primary N) is 1. The SMILES string of the molecule is CC(=O)C[C@@H](Cc1ccc(OCC(=O)O)cc1)C(=O)N[C@H]1CCCCC2CC[C@@H](C(=O)N[C@@H](CCC(N)=O)C(=O)NCc3ccccc3)N2C1=O. The maximum absolute atomic E-state index is 14.1. The number of ether oxygens (including phenoxy) is 1. The van der Waals surface area contributed by atoms with Crippen molar-refractivity contribution in [2.24, 2.45) is 11.7 Å². The fourth-order valence-electron chi connectivity index (χ4n) is 6.70. The van der Waals surface area contributed by atoms with E-state index >= 15 is 0 Å². The molecule has 0 aliphatic carbocycles. The van der Waals surface area contributed by atoms with Gasteiger partial charge in [-0.15, -0.1) is 0 Å². The molecule has 5 atom stereocenters. The third-order valence-corrected chi connectivity index (χ3v) is 9.25. The van der Waals surface area contributed by atoms with E-state index < -0.39 is 66.2 Å². The quantitative estimate of drug-likeness (QED) is 0.162. The lowest BCUT2D eigenvalue weighted by molar-refractivity contribution is -0.145. The molecule has 0 radical (unpaired) electrons. The summed E-state index contributed by atoms with van der Waals surface area (Å²) in [5, 5.41) is 17.3. The Morgan fingerprint density at radius 1 is 0.922 bits per heavy atom. The second-order valence-electron chi connectivity index (χ2n) is 13.2. The number of Topliss-reactive ketones (excluding diaryl/α,β-unsaturated/α-hetero) is 1. The van der Waals surface area contributed by atoms with Gasteiger partial charge in [0, 0.05) is 31.3 Å². The number of carboxylic acid groups (broad SMARTS) is 1. The highest BCUT2D eigenvalue weighted by molar-refractivity contribution is 5.96. The molecule has 0 aromatic heterocycles. The van der Waals surface area contributed by atoms with Gasteiger partial charge < -0.3 is 41.2 Å². The number of carboxylic acids is 1. The summed E-state index contributed by atoms with van der Waals surface area (Å²) in [5.74, 6) is -4.22. The summed E-state index contributed by atoms with van der Waals surface area (Å²) in [7, 11) is 0. The Balaban J connectivity index is 1.45. The zero-order valence-electron chi connectivity index (χ0n) is 28.8. The number of primary amides is 1. The molecule has 2 saturated heterocycles. The molecule has 51 heavy (non-hydrogen) atoms. The summed E-state index contributed by atoms with van der Waals surface area (Å²) in [6.07, 6.45) is 3.47. The van der Waals surface area contributed by atoms with Crippen LogP contribution in [0.15, 0.2) is 54.6 Å². The van der Waals surface area contributed by atoms with E-state index in [4.69, 9.17) is 15.6 Å². The van der Waals surface area contributed by atoms with E-state index in [1.54, 1.807) is 29.2 Å². The molecular weight excluding hydrogens is 658 g/mol. The number of rotatable bonds is 17. The Morgan fingerprint density at radius 2 is 1.63 bits per heavy atom. The minimum absolute atomic E-state index is 0.0138. The Kier molecular flexibility index (Phi) is 14.1. The zero-order chi connectivity index (χ0) is 36.9. The van der Waals surface area contributed by atoms with Crippen LogP contribution < -0.4 is 26.4 Å². The number of hydrogen-bond donors (Lipinski definition) is 5. The van der Waals surface area contributed by atoms with E-state index in [9.17, 15) is 33.6 Å². The lowest BCUT2D eigenvalue weighted by atomic mass is 9.92. The van der Waals surface area contributed by atoms with Gasteiger partial charge in [0.15, 0.2) is 6.61 Å². The lowest BCUT2D eigenvalue weighted by Gasteiger charge is -2.36. The normalized spacial score (nSPS) is 19.7. The third-order valence-electron chi connectivity index (χ3n) is 9.25. The van der Waals surface area contributed by atoms with E-state index in [1.807, 2.05) is 30.3 Å². The van der Waals surface area contributed by atoms with Crippen LogP contribution >= 0.6 is 0 Å². The average molecular weight is 706 g/mol. The van der Waals surface area contributed by atoms with Crippen LogP contribution in [0.3, 0.4) is 0 Å². The van der Waals surface area contributed by atoms with Gasteiger partial charge in [-0.2, -0.15) is 0 Å². The van der Waals surface area contributed by atoms with Crippen LogP contribution in [0.25, 0.3) is 0 Å². The Labute approximate surface area is 296 Å². The molecule has 2 fully saturated rings. The van der Waals surface area contributed by atoms with Crippen LogP contribution in [-0.2, 0) is 46.5 Å². The van der Waals surface area contributed by atoms with E-state index in [0.717, 1.165) is 17.5 Å². The van der Waals surface area contributed by atoms with E-state index in [0.29, 0.717) is 37.9 Å². The van der Waals surface area contributed by atoms with Crippen molar-refractivity contribution in [1.82, 2.24) is 20.9 Å². The summed E-state index contributed by atoms with van der Waals surface area (Å²) in [6.45, 7) is 1.11. The minimum atomic E-state index is -1.11. The van der Waals surface area contributed by atoms with Crippen molar-refractivity contribution >= 4 is 41.3 Å². The van der Waals surface area contributed by atoms with Crippen molar-refractivity contribution in [2.75, 3.05) is 6.61 Å². The molecule has 5 amide bonds. The highest BCUT2D eigenvalue weighted by Crippen LogP contribution is 2.32. The molecule has 0 spiro atoms. The van der Waals surface area contributed by atoms with Gasteiger partial charge in [-0.1, -0.05) is 55.3 Å². The van der Waals surface area contributed by atoms with Crippen LogP contribution in [0.4, 0.5) is 0 Å². The number of nitrogens with zero attached hydrogens (tertiary/aromatic N) is 1. The van der Waals surface area contributed by atoms with E-state index in [1.165, 1.54) is 6.92 Å². The smallest absolute Gasteiger partial charge is 0.341 e. The Hall–Kier alpha value is -5.27. The molecule has 1 unspecified atom stereocenters. The summed E-state index contributed by atoms with van der Waals surface area (Å²) in [4.78, 5) is 90.9. The van der Waals surface area contributed by atoms with Crippen LogP contribution in [-0.4, -0.2) is 82.1 Å². The van der Waals surface area contributed by atoms with Crippen molar-refractivity contribution in [3.8, 4) is 5.75 Å². The first-order chi connectivity index (χ1) is 24.4. The second kappa shape index (κ2) is 18.6. The molecule has 6 N–H and O–H groups in total. The molecule has 2 heterocycles. The van der Waals surface area contributed by atoms with Gasteiger partial charge in [-0.05, 0) is 68.7 Å². The summed E-state index contributed by atoms with van der Waals surface area (Å²) in [6, 6.07) is 12.7. The molecule has 2 aliphatic heterocycles. The van der Waals surface area contributed by atoms with E-state index in [2.05, 4.69) is 16.0 Å². The minimum Gasteiger partial charge on any atom is -0.482 e. The van der Waals surface area contributed by atoms with Gasteiger partial charge in [-0.25, -0.2) is 4.79 Å². The van der Waals surface area contributed by atoms with Crippen molar-refractivity contribution in [3.05, 3.63) is 65.7 Å². The number of ketones is 1. The summed E-state index contributed by atoms with van der Waals surface area (Å²) >= 11 is 0. The molecular formula is C37H47N5O9. The number of carbonyl (C=O) groups excluding carboxylic acids is 6. The van der Waals surface area contributed by atoms with Crippen LogP contribution in [0, 0.1) is 5.92 Å². The number of fused-ring (bicyclic) bond motifs is 1. The van der Waals surface area contributed by atoms with Gasteiger partial charge in [0.05, 0.1) is 0 Å². The standard InChI is InChI=1S/C37H47N5O9/c1-23(43)19-26(20-24-11-14-28(15-12-24)51-22-33(45)46)34(47)41-30-10-6-5-9-27-13-17-31(42(27)37(30)50)36(49)40-29(16-18-32(38)44)35(48)39-21-25-7-3-2-4-8-25/h2-4,7-8,11-12,14-15,26-27,29-31H,5-6,9-10,13,16-22H2,1H3,(H2,38,44)(H,39,48)(H,40,49)(H,41,47)(H,45,46)/t26-,27?,29-,30-,31-/m0/s1. The molecule has 2 aliphatic rings. The molecule has 2 aromatic rings. The second-order valence-corrected chi connectivity index (χ2v) is 13.2. The highest BCUT2D eigenvalue weighted by atomic mass is 16.5. The molecule has 14 heteroatoms. The van der Waals surface area contributed by atoms with Gasteiger partial charge in [-0.3, -0.25) is 24.0 Å². The predicted octanol–water partition coefficient (Wildman–Crippen LogP) is 1.77. The fraction of sp³-hybridized carbons (Fsp3) is 0.486. The lowest BCUT2D eigenvalue weighted by Crippen LogP contribution is -2.58. The van der Waals surface area contributed by atoms with Gasteiger partial charge in [0.25, 0.3) is 0 Å². The van der Waals surface area contributed by atoms with Gasteiger partial charge in [0.1, 0.15) is 29.7 Å². The monoisotopic (exact) mass is 705 g/mol. The van der Waals surface area contributed by atoms with Crippen molar-refractivity contribution in [1.29, 1.82) is 0 Å². The number of aliphatic carboxylic acids is 1. The van der Waals surface area contributed by atoms with Crippen LogP contribution in [0.1, 0.15) is 75.8 Å². The van der Waals surface area contributed by atoms with Crippen molar-refractivity contribution in [2.45, 2.75) is 102 Å². The van der Waals surface area contributed by atoms with Gasteiger partial charge in [0.2, 0.25) is 29.5 Å². The number of benzene rings is 2. The number of hydrogen-bond acceptors (Lipinski definition) is 8. The topological polar surface area (TPSA) is 214 Å². The molecule has 4 rings (SSSR count). The van der Waals surface area contributed by atoms with Crippen LogP contribution in [0.5, 0.6) is 5.75 Å². The summed E-state index contributed by atoms with van der Waals surface area (Å²) in [5.41, 5.74) is 6.93. The van der Waals surface area contributed by atoms with E-state index in [-0.39, 0.29) is 44.1 Å². The third kappa shape index (κ3) is 11.6. The van der Waals surface area contributed by atoms with Crippen molar-refractivity contribution in [3.63, 3.8) is 0 Å². The first-order valence-electron chi connectivity index (χ1n) is 17.4. The fourth-order valence-corrected chi connectivity index (χ4v) is 6.70. The van der Waals surface area contributed by atoms with Crippen molar-refractivity contribution < 1.29 is 43.4 Å². The molecule has 0 bridgehead atoms. The number of carbonyl (C=O) groups is 7. The van der Waals surface area contributed by atoms with Crippen LogP contribution in [0.2, 0.25) is 0 Å². The average Bonchev–Trinajstić information content (AvgIpc) is 3.52. The first kappa shape index (κ1) is 38.5. The predicted molar refractivity (Wildman–Crippen MR) is 185 cm³/mol. The van der Waals surface area contributed by atoms with Gasteiger partial charge >= 0.3 is 5.97 Å². The summed E-state index contributed by atoms with van der Waals surface area (Å²) < 4.78 is 5.17. The first-order valence-corrected chi connectivity index (χ1v) is 17.4. The molecule has 2 aromatic carbocycles. The number of amides is 5. The number of nitrogens with one attached hydrogen (secondary N) is 3. The zero-order valence-corrected chi connectivity index (χ0v) is 28.8. The molecule has 274 valence electrons. The maximum atomic E-state index is 14.1. The largest absolute Gasteiger partial charge is 0.482 e. The maximum Gasteiger partial charge on any atom is 0.341 e. The molecule has 14 nitrogen and oxygen atoms in total. The molecule has 0 saturated carbocycles. The Bertz CT molecular complexity index is 1570. The highest BCUT2D eigenvalue weighted by Gasteiger charge is 2.44.